The van der Waals surface area contributed by atoms with Gasteiger partial charge < -0.3 is 19.7 Å². The molecule has 1 fully saturated rings. The van der Waals surface area contributed by atoms with E-state index in [9.17, 15) is 9.59 Å². The van der Waals surface area contributed by atoms with Crippen LogP contribution in [0.15, 0.2) is 18.3 Å². The molecule has 6 nitrogen and oxygen atoms in total. The highest BCUT2D eigenvalue weighted by Crippen LogP contribution is 2.28. The molecule has 0 saturated heterocycles. The minimum absolute atomic E-state index is 0.0124. The lowest BCUT2D eigenvalue weighted by molar-refractivity contribution is -0.133. The van der Waals surface area contributed by atoms with Crippen LogP contribution in [0.1, 0.15) is 39.3 Å². The average Bonchev–Trinajstić information content (AvgIpc) is 3.25. The molecule has 0 atom stereocenters. The number of nitrogens with one attached hydrogen (secondary N) is 1. The quantitative estimate of drug-likeness (QED) is 0.835. The summed E-state index contributed by atoms with van der Waals surface area (Å²) in [5, 5.41) is 2.78. The predicted molar refractivity (Wildman–Crippen MR) is 89.9 cm³/mol. The Labute approximate surface area is 138 Å². The number of hydrogen-bond donors (Lipinski definition) is 1. The summed E-state index contributed by atoms with van der Waals surface area (Å²) < 4.78 is 2.03. The normalized spacial score (nSPS) is 14.0. The Hall–Kier alpha value is -1.98. The van der Waals surface area contributed by atoms with E-state index < -0.39 is 0 Å². The molecule has 6 heteroatoms. The van der Waals surface area contributed by atoms with Crippen molar-refractivity contribution in [3.05, 3.63) is 24.0 Å². The molecule has 1 aliphatic rings. The van der Waals surface area contributed by atoms with Crippen LogP contribution in [0.5, 0.6) is 0 Å². The highest BCUT2D eigenvalue weighted by atomic mass is 16.2. The summed E-state index contributed by atoms with van der Waals surface area (Å²) in [5.41, 5.74) is 1.11. The van der Waals surface area contributed by atoms with Gasteiger partial charge in [-0.2, -0.15) is 0 Å². The number of aromatic nitrogens is 1. The number of urea groups is 1. The van der Waals surface area contributed by atoms with E-state index in [4.69, 9.17) is 0 Å². The predicted octanol–water partition coefficient (Wildman–Crippen LogP) is 1.96. The second kappa shape index (κ2) is 7.53. The maximum atomic E-state index is 12.8. The molecule has 0 aliphatic heterocycles. The van der Waals surface area contributed by atoms with Gasteiger partial charge in [-0.05, 0) is 45.7 Å². The topological polar surface area (TPSA) is 57.6 Å². The number of carbonyl (C=O) groups excluding carboxylic acids is 2. The van der Waals surface area contributed by atoms with E-state index >= 15 is 0 Å². The van der Waals surface area contributed by atoms with Gasteiger partial charge in [-0.25, -0.2) is 4.79 Å². The minimum Gasteiger partial charge on any atom is -0.353 e. The lowest BCUT2D eigenvalue weighted by Crippen LogP contribution is -2.49. The van der Waals surface area contributed by atoms with Gasteiger partial charge in [0.1, 0.15) is 6.54 Å². The van der Waals surface area contributed by atoms with Crippen molar-refractivity contribution in [2.45, 2.75) is 52.2 Å². The van der Waals surface area contributed by atoms with E-state index in [1.165, 1.54) is 0 Å². The molecule has 0 aromatic carbocycles. The van der Waals surface area contributed by atoms with E-state index in [-0.39, 0.29) is 24.5 Å². The standard InChI is InChI=1S/C17H28N4O2/c1-5-18-17(23)20(13(2)3)12-16(22)21(14-8-9-14)11-15-7-6-10-19(15)4/h6-7,10,13-14H,5,8-9,11-12H2,1-4H3,(H,18,23). The van der Waals surface area contributed by atoms with Crippen LogP contribution in [0.3, 0.4) is 0 Å². The zero-order chi connectivity index (χ0) is 17.0. The molecule has 0 unspecified atom stereocenters. The first-order valence-electron chi connectivity index (χ1n) is 8.38. The summed E-state index contributed by atoms with van der Waals surface area (Å²) in [4.78, 5) is 28.4. The lowest BCUT2D eigenvalue weighted by atomic mass is 10.3. The van der Waals surface area contributed by atoms with Gasteiger partial charge in [0.25, 0.3) is 0 Å². The first-order valence-corrected chi connectivity index (χ1v) is 8.38. The van der Waals surface area contributed by atoms with Crippen molar-refractivity contribution >= 4 is 11.9 Å². The zero-order valence-electron chi connectivity index (χ0n) is 14.6. The van der Waals surface area contributed by atoms with Crippen LogP contribution in [0.25, 0.3) is 0 Å². The molecule has 1 aromatic heterocycles. The van der Waals surface area contributed by atoms with E-state index in [2.05, 4.69) is 5.32 Å². The molecule has 1 N–H and O–H groups in total. The second-order valence-corrected chi connectivity index (χ2v) is 6.42. The fraction of sp³-hybridized carbons (Fsp3) is 0.647. The largest absolute Gasteiger partial charge is 0.353 e. The number of nitrogens with zero attached hydrogens (tertiary/aromatic N) is 3. The first-order chi connectivity index (χ1) is 10.9. The van der Waals surface area contributed by atoms with Gasteiger partial charge in [0.05, 0.1) is 6.54 Å². The van der Waals surface area contributed by atoms with Crippen LogP contribution < -0.4 is 5.32 Å². The van der Waals surface area contributed by atoms with Crippen molar-refractivity contribution in [2.75, 3.05) is 13.1 Å². The SMILES string of the molecule is CCNC(=O)N(CC(=O)N(Cc1cccn1C)C1CC1)C(C)C. The number of aryl methyl sites for hydroxylation is 1. The molecular formula is C17H28N4O2. The maximum Gasteiger partial charge on any atom is 0.318 e. The van der Waals surface area contributed by atoms with E-state index in [1.807, 2.05) is 55.6 Å². The summed E-state index contributed by atoms with van der Waals surface area (Å²) >= 11 is 0. The van der Waals surface area contributed by atoms with Crippen LogP contribution in [0.2, 0.25) is 0 Å². The molecule has 2 rings (SSSR count). The van der Waals surface area contributed by atoms with Gasteiger partial charge in [0.2, 0.25) is 5.91 Å². The summed E-state index contributed by atoms with van der Waals surface area (Å²) in [6.45, 7) is 7.04. The van der Waals surface area contributed by atoms with Crippen molar-refractivity contribution in [1.29, 1.82) is 0 Å². The number of rotatable bonds is 7. The fourth-order valence-corrected chi connectivity index (χ4v) is 2.62. The van der Waals surface area contributed by atoms with Crippen LogP contribution >= 0.6 is 0 Å². The Balaban J connectivity index is 2.05. The monoisotopic (exact) mass is 320 g/mol. The summed E-state index contributed by atoms with van der Waals surface area (Å²) in [5.74, 6) is 0.0219. The third kappa shape index (κ3) is 4.50. The molecule has 0 spiro atoms. The molecule has 1 saturated carbocycles. The van der Waals surface area contributed by atoms with E-state index in [1.54, 1.807) is 4.90 Å². The zero-order valence-corrected chi connectivity index (χ0v) is 14.6. The molecule has 1 aromatic rings. The Morgan fingerprint density at radius 2 is 2.09 bits per heavy atom. The van der Waals surface area contributed by atoms with Crippen molar-refractivity contribution in [3.63, 3.8) is 0 Å². The Bertz CT molecular complexity index is 549. The van der Waals surface area contributed by atoms with Crippen molar-refractivity contribution in [2.24, 2.45) is 7.05 Å². The van der Waals surface area contributed by atoms with Gasteiger partial charge in [0, 0.05) is 37.6 Å². The lowest BCUT2D eigenvalue weighted by Gasteiger charge is -2.30. The molecule has 1 aliphatic carbocycles. The van der Waals surface area contributed by atoms with Gasteiger partial charge in [-0.3, -0.25) is 4.79 Å². The molecule has 0 bridgehead atoms. The molecule has 0 radical (unpaired) electrons. The Morgan fingerprint density at radius 3 is 2.57 bits per heavy atom. The number of amides is 3. The van der Waals surface area contributed by atoms with Crippen LogP contribution in [-0.2, 0) is 18.4 Å². The first kappa shape index (κ1) is 17.4. The van der Waals surface area contributed by atoms with E-state index in [0.29, 0.717) is 19.1 Å². The van der Waals surface area contributed by atoms with Gasteiger partial charge in [0.15, 0.2) is 0 Å². The summed E-state index contributed by atoms with van der Waals surface area (Å²) in [6.07, 6.45) is 4.10. The average molecular weight is 320 g/mol. The van der Waals surface area contributed by atoms with Crippen LogP contribution in [-0.4, -0.2) is 51.5 Å². The maximum absolute atomic E-state index is 12.8. The van der Waals surface area contributed by atoms with Crippen molar-refractivity contribution in [1.82, 2.24) is 19.7 Å². The van der Waals surface area contributed by atoms with Crippen LogP contribution in [0.4, 0.5) is 4.79 Å². The van der Waals surface area contributed by atoms with Crippen molar-refractivity contribution in [3.8, 4) is 0 Å². The molecule has 128 valence electrons. The fourth-order valence-electron chi connectivity index (χ4n) is 2.62. The second-order valence-electron chi connectivity index (χ2n) is 6.42. The minimum atomic E-state index is -0.175. The highest BCUT2D eigenvalue weighted by Gasteiger charge is 2.34. The van der Waals surface area contributed by atoms with E-state index in [0.717, 1.165) is 18.5 Å². The summed E-state index contributed by atoms with van der Waals surface area (Å²) in [6, 6.07) is 4.15. The smallest absolute Gasteiger partial charge is 0.318 e. The third-order valence-electron chi connectivity index (χ3n) is 4.21. The van der Waals surface area contributed by atoms with Gasteiger partial charge in [-0.1, -0.05) is 0 Å². The third-order valence-corrected chi connectivity index (χ3v) is 4.21. The number of hydrogen-bond acceptors (Lipinski definition) is 2. The highest BCUT2D eigenvalue weighted by molar-refractivity contribution is 5.84. The Kier molecular flexibility index (Phi) is 5.69. The van der Waals surface area contributed by atoms with Crippen molar-refractivity contribution < 1.29 is 9.59 Å². The van der Waals surface area contributed by atoms with Crippen LogP contribution in [0, 0.1) is 0 Å². The Morgan fingerprint density at radius 1 is 1.39 bits per heavy atom. The number of carbonyl (C=O) groups is 2. The summed E-state index contributed by atoms with van der Waals surface area (Å²) in [7, 11) is 1.99. The van der Waals surface area contributed by atoms with Gasteiger partial charge >= 0.3 is 6.03 Å². The van der Waals surface area contributed by atoms with Gasteiger partial charge in [-0.15, -0.1) is 0 Å². The molecular weight excluding hydrogens is 292 g/mol. The molecule has 23 heavy (non-hydrogen) atoms. The molecule has 3 amide bonds. The molecule has 1 heterocycles.